The molecule has 0 aliphatic rings. The van der Waals surface area contributed by atoms with Gasteiger partial charge in [-0.3, -0.25) is 4.79 Å². The summed E-state index contributed by atoms with van der Waals surface area (Å²) in [5.74, 6) is -0.237. The molecule has 1 atom stereocenters. The largest absolute Gasteiger partial charge is 0.469 e. The van der Waals surface area contributed by atoms with E-state index in [4.69, 9.17) is 9.47 Å². The molecule has 0 amide bonds. The number of carbonyl (C=O) groups excluding carboxylic acids is 1. The fraction of sp³-hybridized carbons (Fsp3) is 0.889. The van der Waals surface area contributed by atoms with Crippen LogP contribution in [0.1, 0.15) is 19.8 Å². The first-order valence-electron chi connectivity index (χ1n) is 4.38. The first-order chi connectivity index (χ1) is 6.20. The van der Waals surface area contributed by atoms with Gasteiger partial charge in [-0.1, -0.05) is 0 Å². The number of hydrogen-bond donors (Lipinski definition) is 0. The first kappa shape index (κ1) is 12.4. The van der Waals surface area contributed by atoms with Gasteiger partial charge in [-0.2, -0.15) is 0 Å². The Labute approximate surface area is 79.2 Å². The predicted molar refractivity (Wildman–Crippen MR) is 48.5 cm³/mol. The Balaban J connectivity index is 3.29. The highest BCUT2D eigenvalue weighted by Crippen LogP contribution is 1.99. The summed E-state index contributed by atoms with van der Waals surface area (Å²) in [5.41, 5.74) is 0. The van der Waals surface area contributed by atoms with Gasteiger partial charge in [0.1, 0.15) is 0 Å². The third-order valence-electron chi connectivity index (χ3n) is 1.58. The molecule has 0 rings (SSSR count). The van der Waals surface area contributed by atoms with Gasteiger partial charge in [0.05, 0.1) is 19.6 Å². The highest BCUT2D eigenvalue weighted by Gasteiger charge is 2.08. The summed E-state index contributed by atoms with van der Waals surface area (Å²) < 4.78 is 14.7. The van der Waals surface area contributed by atoms with E-state index in [0.29, 0.717) is 19.6 Å². The maximum Gasteiger partial charge on any atom is 0.308 e. The van der Waals surface area contributed by atoms with Gasteiger partial charge in [-0.25, -0.2) is 0 Å². The van der Waals surface area contributed by atoms with Gasteiger partial charge in [-0.05, 0) is 13.3 Å². The minimum atomic E-state index is -0.237. The number of esters is 1. The third kappa shape index (κ3) is 7.74. The van der Waals surface area contributed by atoms with Gasteiger partial charge in [0.15, 0.2) is 0 Å². The molecular formula is C9H18O4. The predicted octanol–water partition coefficient (Wildman–Crippen LogP) is 0.991. The fourth-order valence-electron chi connectivity index (χ4n) is 0.865. The summed E-state index contributed by atoms with van der Waals surface area (Å²) in [4.78, 5) is 10.8. The number of carbonyl (C=O) groups is 1. The van der Waals surface area contributed by atoms with Gasteiger partial charge in [0, 0.05) is 20.3 Å². The monoisotopic (exact) mass is 190 g/mol. The van der Waals surface area contributed by atoms with Crippen molar-refractivity contribution in [2.75, 3.05) is 27.4 Å². The number of methoxy groups -OCH3 is 2. The molecule has 0 spiro atoms. The van der Waals surface area contributed by atoms with Crippen LogP contribution in [0, 0.1) is 0 Å². The summed E-state index contributed by atoms with van der Waals surface area (Å²) in [6.07, 6.45) is 1.08. The van der Waals surface area contributed by atoms with Crippen molar-refractivity contribution in [3.05, 3.63) is 0 Å². The Hall–Kier alpha value is -0.610. The maximum absolute atomic E-state index is 10.8. The van der Waals surface area contributed by atoms with Crippen LogP contribution >= 0.6 is 0 Å². The third-order valence-corrected chi connectivity index (χ3v) is 1.58. The molecule has 4 heteroatoms. The van der Waals surface area contributed by atoms with Crippen LogP contribution in [0.4, 0.5) is 0 Å². The summed E-state index contributed by atoms with van der Waals surface area (Å²) in [7, 11) is 3.03. The lowest BCUT2D eigenvalue weighted by Crippen LogP contribution is -2.16. The van der Waals surface area contributed by atoms with Crippen molar-refractivity contribution >= 4 is 5.97 Å². The maximum atomic E-state index is 10.8. The fourth-order valence-corrected chi connectivity index (χ4v) is 0.865. The molecule has 0 aromatic carbocycles. The highest BCUT2D eigenvalue weighted by atomic mass is 16.5. The molecule has 0 aliphatic heterocycles. The molecule has 0 aromatic heterocycles. The minimum absolute atomic E-state index is 0.0793. The smallest absolute Gasteiger partial charge is 0.308 e. The number of ether oxygens (including phenoxy) is 3. The second-order valence-corrected chi connectivity index (χ2v) is 2.81. The van der Waals surface area contributed by atoms with Crippen molar-refractivity contribution in [2.45, 2.75) is 25.9 Å². The van der Waals surface area contributed by atoms with Crippen LogP contribution in [0.3, 0.4) is 0 Å². The molecule has 0 saturated heterocycles. The van der Waals surface area contributed by atoms with Crippen LogP contribution in [0.2, 0.25) is 0 Å². The lowest BCUT2D eigenvalue weighted by Gasteiger charge is -2.10. The molecule has 0 fully saturated rings. The molecule has 13 heavy (non-hydrogen) atoms. The van der Waals surface area contributed by atoms with Crippen LogP contribution in [-0.2, 0) is 19.0 Å². The summed E-state index contributed by atoms with van der Waals surface area (Å²) in [5, 5.41) is 0. The van der Waals surface area contributed by atoms with Crippen molar-refractivity contribution in [1.29, 1.82) is 0 Å². The van der Waals surface area contributed by atoms with E-state index in [-0.39, 0.29) is 12.1 Å². The molecule has 1 unspecified atom stereocenters. The van der Waals surface area contributed by atoms with E-state index in [2.05, 4.69) is 4.74 Å². The molecule has 0 bridgehead atoms. The van der Waals surface area contributed by atoms with Gasteiger partial charge in [0.2, 0.25) is 0 Å². The quantitative estimate of drug-likeness (QED) is 0.443. The van der Waals surface area contributed by atoms with Crippen LogP contribution in [0.5, 0.6) is 0 Å². The Morgan fingerprint density at radius 2 is 2.00 bits per heavy atom. The molecule has 0 radical (unpaired) electrons. The number of rotatable bonds is 7. The normalized spacial score (nSPS) is 12.5. The zero-order valence-corrected chi connectivity index (χ0v) is 8.54. The molecule has 0 aliphatic carbocycles. The van der Waals surface area contributed by atoms with Gasteiger partial charge in [-0.15, -0.1) is 0 Å². The van der Waals surface area contributed by atoms with Crippen molar-refractivity contribution < 1.29 is 19.0 Å². The van der Waals surface area contributed by atoms with E-state index < -0.39 is 0 Å². The van der Waals surface area contributed by atoms with Crippen molar-refractivity contribution in [3.63, 3.8) is 0 Å². The molecule has 0 aromatic rings. The van der Waals surface area contributed by atoms with E-state index >= 15 is 0 Å². The van der Waals surface area contributed by atoms with E-state index in [0.717, 1.165) is 6.42 Å². The second-order valence-electron chi connectivity index (χ2n) is 2.81. The highest BCUT2D eigenvalue weighted by molar-refractivity contribution is 5.69. The van der Waals surface area contributed by atoms with Gasteiger partial charge >= 0.3 is 5.97 Å². The van der Waals surface area contributed by atoms with Gasteiger partial charge in [0.25, 0.3) is 0 Å². The van der Waals surface area contributed by atoms with Crippen LogP contribution < -0.4 is 0 Å². The van der Waals surface area contributed by atoms with E-state index in [9.17, 15) is 4.79 Å². The summed E-state index contributed by atoms with van der Waals surface area (Å²) >= 11 is 0. The average molecular weight is 190 g/mol. The van der Waals surface area contributed by atoms with Crippen molar-refractivity contribution in [1.82, 2.24) is 0 Å². The molecule has 0 N–H and O–H groups in total. The van der Waals surface area contributed by atoms with E-state index in [1.54, 1.807) is 7.11 Å². The van der Waals surface area contributed by atoms with Crippen molar-refractivity contribution in [2.24, 2.45) is 0 Å². The van der Waals surface area contributed by atoms with Crippen LogP contribution in [0.15, 0.2) is 0 Å². The van der Waals surface area contributed by atoms with E-state index in [1.807, 2.05) is 6.92 Å². The molecule has 78 valence electrons. The standard InChI is InChI=1S/C9H18O4/c1-8(7-9(10)12-3)13-6-4-5-11-2/h8H,4-7H2,1-3H3. The Bertz CT molecular complexity index is 136. The van der Waals surface area contributed by atoms with Crippen LogP contribution in [-0.4, -0.2) is 39.5 Å². The summed E-state index contributed by atoms with van der Waals surface area (Å²) in [6.45, 7) is 3.15. The second kappa shape index (κ2) is 8.01. The molecule has 4 nitrogen and oxygen atoms in total. The zero-order chi connectivity index (χ0) is 10.1. The first-order valence-corrected chi connectivity index (χ1v) is 4.38. The minimum Gasteiger partial charge on any atom is -0.469 e. The topological polar surface area (TPSA) is 44.8 Å². The lowest BCUT2D eigenvalue weighted by atomic mass is 10.3. The van der Waals surface area contributed by atoms with Gasteiger partial charge < -0.3 is 14.2 Å². The molecular weight excluding hydrogens is 172 g/mol. The average Bonchev–Trinajstić information content (AvgIpc) is 2.12. The Kier molecular flexibility index (Phi) is 7.63. The van der Waals surface area contributed by atoms with Crippen LogP contribution in [0.25, 0.3) is 0 Å². The van der Waals surface area contributed by atoms with Crippen molar-refractivity contribution in [3.8, 4) is 0 Å². The summed E-state index contributed by atoms with van der Waals surface area (Å²) in [6, 6.07) is 0. The Morgan fingerprint density at radius 1 is 1.31 bits per heavy atom. The lowest BCUT2D eigenvalue weighted by molar-refractivity contribution is -0.143. The number of hydrogen-bond acceptors (Lipinski definition) is 4. The SMILES string of the molecule is COCCCOC(C)CC(=O)OC. The van der Waals surface area contributed by atoms with E-state index in [1.165, 1.54) is 7.11 Å². The Morgan fingerprint density at radius 3 is 2.54 bits per heavy atom. The molecule has 0 saturated carbocycles. The molecule has 0 heterocycles. The zero-order valence-electron chi connectivity index (χ0n) is 8.54.